The summed E-state index contributed by atoms with van der Waals surface area (Å²) in [5.74, 6) is 1.68. The topological polar surface area (TPSA) is 18.5 Å². The van der Waals surface area contributed by atoms with Gasteiger partial charge in [-0.2, -0.15) is 0 Å². The summed E-state index contributed by atoms with van der Waals surface area (Å²) in [6, 6.07) is 5.66. The van der Waals surface area contributed by atoms with E-state index in [4.69, 9.17) is 9.47 Å². The lowest BCUT2D eigenvalue weighted by Gasteiger charge is -2.06. The van der Waals surface area contributed by atoms with Crippen molar-refractivity contribution in [3.8, 4) is 11.5 Å². The van der Waals surface area contributed by atoms with Gasteiger partial charge in [-0.15, -0.1) is 0 Å². The lowest BCUT2D eigenvalue weighted by atomic mass is 10.3. The van der Waals surface area contributed by atoms with Crippen molar-refractivity contribution in [3.63, 3.8) is 0 Å². The molecule has 0 radical (unpaired) electrons. The maximum Gasteiger partial charge on any atom is 0.133 e. The molecule has 12 heavy (non-hydrogen) atoms. The SMILES string of the molecule is COc1ccc(OC)c(SBr)c1. The molecule has 0 fully saturated rings. The van der Waals surface area contributed by atoms with Crippen LogP contribution in [0.1, 0.15) is 0 Å². The van der Waals surface area contributed by atoms with Crippen LogP contribution in [0.4, 0.5) is 0 Å². The third-order valence-corrected chi connectivity index (χ3v) is 2.99. The van der Waals surface area contributed by atoms with E-state index in [1.54, 1.807) is 14.2 Å². The van der Waals surface area contributed by atoms with E-state index in [0.717, 1.165) is 16.4 Å². The molecule has 1 rings (SSSR count). The molecule has 0 atom stereocenters. The molecule has 1 aromatic carbocycles. The van der Waals surface area contributed by atoms with E-state index in [1.165, 1.54) is 10.2 Å². The van der Waals surface area contributed by atoms with Gasteiger partial charge in [0.15, 0.2) is 0 Å². The molecule has 0 saturated carbocycles. The van der Waals surface area contributed by atoms with Crippen LogP contribution in [0.5, 0.6) is 11.5 Å². The van der Waals surface area contributed by atoms with Crippen molar-refractivity contribution in [1.82, 2.24) is 0 Å². The first-order valence-corrected chi connectivity index (χ1v) is 5.98. The first-order chi connectivity index (χ1) is 5.81. The van der Waals surface area contributed by atoms with Crippen LogP contribution in [0.3, 0.4) is 0 Å². The van der Waals surface area contributed by atoms with Gasteiger partial charge in [0.25, 0.3) is 0 Å². The van der Waals surface area contributed by atoms with Crippen LogP contribution in [0.25, 0.3) is 0 Å². The van der Waals surface area contributed by atoms with Gasteiger partial charge in [0.2, 0.25) is 0 Å². The van der Waals surface area contributed by atoms with Crippen LogP contribution < -0.4 is 9.47 Å². The van der Waals surface area contributed by atoms with E-state index in [2.05, 4.69) is 14.8 Å². The Morgan fingerprint density at radius 2 is 2.00 bits per heavy atom. The molecule has 0 aliphatic carbocycles. The van der Waals surface area contributed by atoms with Crippen LogP contribution in [0, 0.1) is 0 Å². The van der Waals surface area contributed by atoms with E-state index < -0.39 is 0 Å². The van der Waals surface area contributed by atoms with Gasteiger partial charge in [-0.1, -0.05) is 0 Å². The normalized spacial score (nSPS) is 9.58. The Kier molecular flexibility index (Phi) is 3.75. The molecule has 0 saturated heterocycles. The van der Waals surface area contributed by atoms with Crippen LogP contribution in [-0.2, 0) is 0 Å². The van der Waals surface area contributed by atoms with Crippen molar-refractivity contribution in [3.05, 3.63) is 18.2 Å². The molecule has 0 heterocycles. The van der Waals surface area contributed by atoms with Crippen molar-refractivity contribution < 1.29 is 9.47 Å². The van der Waals surface area contributed by atoms with Gasteiger partial charge in [0.1, 0.15) is 11.5 Å². The molecule has 66 valence electrons. The summed E-state index contributed by atoms with van der Waals surface area (Å²) >= 11 is 3.29. The molecular formula is C8H9BrO2S. The highest BCUT2D eigenvalue weighted by atomic mass is 79.9. The number of benzene rings is 1. The van der Waals surface area contributed by atoms with E-state index >= 15 is 0 Å². The fourth-order valence-electron chi connectivity index (χ4n) is 0.844. The Balaban J connectivity index is 3.02. The average molecular weight is 249 g/mol. The number of hydrogen-bond acceptors (Lipinski definition) is 3. The van der Waals surface area contributed by atoms with Crippen molar-refractivity contribution in [2.24, 2.45) is 0 Å². The standard InChI is InChI=1S/C8H9BrO2S/c1-10-6-3-4-7(11-2)8(5-6)12-9/h3-5H,1-2H3. The van der Waals surface area contributed by atoms with Crippen LogP contribution >= 0.6 is 25.0 Å². The molecule has 0 bridgehead atoms. The molecule has 2 nitrogen and oxygen atoms in total. The van der Waals surface area contributed by atoms with Crippen LogP contribution in [0.2, 0.25) is 0 Å². The highest BCUT2D eigenvalue weighted by molar-refractivity contribution is 9.50. The number of halogens is 1. The first-order valence-electron chi connectivity index (χ1n) is 3.32. The van der Waals surface area contributed by atoms with Crippen molar-refractivity contribution in [1.29, 1.82) is 0 Å². The van der Waals surface area contributed by atoms with E-state index in [9.17, 15) is 0 Å². The minimum Gasteiger partial charge on any atom is -0.497 e. The van der Waals surface area contributed by atoms with Gasteiger partial charge in [0.05, 0.1) is 19.1 Å². The Labute approximate surface area is 83.5 Å². The summed E-state index contributed by atoms with van der Waals surface area (Å²) in [4.78, 5) is 1.01. The maximum atomic E-state index is 5.13. The molecule has 1 aromatic rings. The van der Waals surface area contributed by atoms with Gasteiger partial charge in [0, 0.05) is 0 Å². The number of hydrogen-bond donors (Lipinski definition) is 0. The quantitative estimate of drug-likeness (QED) is 0.820. The predicted molar refractivity (Wildman–Crippen MR) is 54.3 cm³/mol. The van der Waals surface area contributed by atoms with Crippen molar-refractivity contribution >= 4 is 25.0 Å². The highest BCUT2D eigenvalue weighted by Crippen LogP contribution is 2.35. The second-order valence-electron chi connectivity index (χ2n) is 2.09. The molecule has 0 aromatic heterocycles. The monoisotopic (exact) mass is 248 g/mol. The van der Waals surface area contributed by atoms with Gasteiger partial charge < -0.3 is 9.47 Å². The van der Waals surface area contributed by atoms with Gasteiger partial charge in [-0.3, -0.25) is 0 Å². The third kappa shape index (κ3) is 2.08. The summed E-state index contributed by atoms with van der Waals surface area (Å²) in [7, 11) is 4.75. The Morgan fingerprint density at radius 1 is 1.25 bits per heavy atom. The van der Waals surface area contributed by atoms with E-state index in [-0.39, 0.29) is 0 Å². The van der Waals surface area contributed by atoms with Gasteiger partial charge >= 0.3 is 0 Å². The van der Waals surface area contributed by atoms with Crippen molar-refractivity contribution in [2.45, 2.75) is 4.90 Å². The fourth-order valence-corrected chi connectivity index (χ4v) is 1.99. The largest absolute Gasteiger partial charge is 0.497 e. The van der Waals surface area contributed by atoms with E-state index in [1.807, 2.05) is 18.2 Å². The Hall–Kier alpha value is -0.350. The zero-order valence-corrected chi connectivity index (χ0v) is 9.24. The smallest absolute Gasteiger partial charge is 0.133 e. The first kappa shape index (κ1) is 9.74. The molecule has 0 unspecified atom stereocenters. The summed E-state index contributed by atoms with van der Waals surface area (Å²) < 4.78 is 10.2. The second kappa shape index (κ2) is 4.62. The molecule has 0 N–H and O–H groups in total. The lowest BCUT2D eigenvalue weighted by Crippen LogP contribution is -1.87. The zero-order chi connectivity index (χ0) is 8.97. The molecule has 0 aliphatic rings. The second-order valence-corrected chi connectivity index (χ2v) is 3.66. The molecule has 0 amide bonds. The summed E-state index contributed by atoms with van der Waals surface area (Å²) in [6.45, 7) is 0. The minimum absolute atomic E-state index is 0.831. The number of rotatable bonds is 3. The number of methoxy groups -OCH3 is 2. The van der Waals surface area contributed by atoms with Crippen molar-refractivity contribution in [2.75, 3.05) is 14.2 Å². The maximum absolute atomic E-state index is 5.13. The minimum atomic E-state index is 0.831. The van der Waals surface area contributed by atoms with Crippen LogP contribution in [-0.4, -0.2) is 14.2 Å². The average Bonchev–Trinajstić information content (AvgIpc) is 2.16. The van der Waals surface area contributed by atoms with Crippen LogP contribution in [0.15, 0.2) is 23.1 Å². The van der Waals surface area contributed by atoms with Gasteiger partial charge in [-0.25, -0.2) is 0 Å². The fraction of sp³-hybridized carbons (Fsp3) is 0.250. The zero-order valence-electron chi connectivity index (χ0n) is 6.83. The number of ether oxygens (including phenoxy) is 2. The molecule has 4 heteroatoms. The Morgan fingerprint density at radius 3 is 2.50 bits per heavy atom. The van der Waals surface area contributed by atoms with Gasteiger partial charge in [-0.05, 0) is 43.2 Å². The van der Waals surface area contributed by atoms with E-state index in [0.29, 0.717) is 0 Å². The summed E-state index contributed by atoms with van der Waals surface area (Å²) in [6.07, 6.45) is 0. The Bertz CT molecular complexity index is 265. The molecular weight excluding hydrogens is 240 g/mol. The summed E-state index contributed by atoms with van der Waals surface area (Å²) in [5.41, 5.74) is 0. The lowest BCUT2D eigenvalue weighted by molar-refractivity contribution is 0.394. The molecule has 0 spiro atoms. The predicted octanol–water partition coefficient (Wildman–Crippen LogP) is 3.11. The highest BCUT2D eigenvalue weighted by Gasteiger charge is 2.03. The molecule has 0 aliphatic heterocycles. The third-order valence-electron chi connectivity index (χ3n) is 1.45. The summed E-state index contributed by atoms with van der Waals surface area (Å²) in [5, 5.41) is 0.